The van der Waals surface area contributed by atoms with Crippen molar-refractivity contribution in [2.45, 2.75) is 58.2 Å². The third kappa shape index (κ3) is 7.36. The molecule has 10 nitrogen and oxygen atoms in total. The second-order valence-corrected chi connectivity index (χ2v) is 7.73. The minimum Gasteiger partial charge on any atom is -0.461 e. The molecule has 2 aromatic rings. The molecule has 0 bridgehead atoms. The summed E-state index contributed by atoms with van der Waals surface area (Å²) in [7, 11) is 0. The Balaban J connectivity index is 2.23. The van der Waals surface area contributed by atoms with Gasteiger partial charge in [0.05, 0.1) is 11.6 Å². The first-order valence-electron chi connectivity index (χ1n) is 10.3. The number of hydrogen-bond donors (Lipinski definition) is 3. The highest BCUT2D eigenvalue weighted by Gasteiger charge is 2.29. The number of fused-ring (bicyclic) bond motifs is 1. The zero-order valence-corrected chi connectivity index (χ0v) is 18.6. The van der Waals surface area contributed by atoms with Gasteiger partial charge in [0.1, 0.15) is 17.9 Å². The number of carbonyl (C=O) groups is 4. The van der Waals surface area contributed by atoms with Crippen molar-refractivity contribution >= 4 is 40.7 Å². The lowest BCUT2D eigenvalue weighted by molar-refractivity contribution is -0.152. The van der Waals surface area contributed by atoms with Crippen molar-refractivity contribution < 1.29 is 33.1 Å². The molecule has 2 rings (SSSR count). The van der Waals surface area contributed by atoms with Crippen LogP contribution in [0.1, 0.15) is 39.2 Å². The second-order valence-electron chi connectivity index (χ2n) is 7.73. The zero-order valence-electron chi connectivity index (χ0n) is 18.6. The summed E-state index contributed by atoms with van der Waals surface area (Å²) < 4.78 is 19.2. The van der Waals surface area contributed by atoms with Crippen LogP contribution in [0.4, 0.5) is 4.39 Å². The monoisotopic (exact) mass is 459 g/mol. The number of amides is 2. The molecule has 2 atom stereocenters. The SMILES string of the molecule is CC(=O)N[C@H](Cc1c[nH]c2c(F)cccc12)C(=O)N[C@@H](CCC(=O)C=[N+]=[N-])C(=O)OC(C)C. The number of nitrogens with zero attached hydrogens (tertiary/aromatic N) is 2. The van der Waals surface area contributed by atoms with E-state index in [2.05, 4.69) is 20.4 Å². The summed E-state index contributed by atoms with van der Waals surface area (Å²) in [5.41, 5.74) is 9.33. The lowest BCUT2D eigenvalue weighted by Gasteiger charge is -2.23. The number of carbonyl (C=O) groups excluding carboxylic acids is 4. The fraction of sp³-hybridized carbons (Fsp3) is 0.409. The number of Topliss-reactive ketones (excluding diaryl/α,β-unsaturated/α-hetero) is 1. The van der Waals surface area contributed by atoms with Gasteiger partial charge in [-0.1, -0.05) is 12.1 Å². The molecule has 1 aromatic carbocycles. The number of benzene rings is 1. The third-order valence-electron chi connectivity index (χ3n) is 4.70. The van der Waals surface area contributed by atoms with Crippen LogP contribution in [-0.4, -0.2) is 57.7 Å². The maximum absolute atomic E-state index is 14.0. The molecule has 0 fully saturated rings. The van der Waals surface area contributed by atoms with E-state index in [1.165, 1.54) is 19.1 Å². The van der Waals surface area contributed by atoms with E-state index >= 15 is 0 Å². The normalized spacial score (nSPS) is 12.5. The molecule has 0 saturated carbocycles. The molecule has 1 aromatic heterocycles. The maximum atomic E-state index is 14.0. The van der Waals surface area contributed by atoms with Crippen LogP contribution in [0, 0.1) is 5.82 Å². The summed E-state index contributed by atoms with van der Waals surface area (Å²) in [5, 5.41) is 5.62. The van der Waals surface area contributed by atoms with Crippen LogP contribution < -0.4 is 10.6 Å². The summed E-state index contributed by atoms with van der Waals surface area (Å²) in [4.78, 5) is 54.3. The van der Waals surface area contributed by atoms with Crippen LogP contribution in [0.5, 0.6) is 0 Å². The summed E-state index contributed by atoms with van der Waals surface area (Å²) in [6, 6.07) is 2.27. The number of para-hydroxylation sites is 1. The van der Waals surface area contributed by atoms with Crippen LogP contribution in [0.15, 0.2) is 24.4 Å². The minimum absolute atomic E-state index is 0.0247. The number of nitrogens with one attached hydrogen (secondary N) is 3. The number of H-pyrrole nitrogens is 1. The Morgan fingerprint density at radius 3 is 2.58 bits per heavy atom. The van der Waals surface area contributed by atoms with Crippen LogP contribution >= 0.6 is 0 Å². The molecule has 0 aliphatic heterocycles. The van der Waals surface area contributed by atoms with Gasteiger partial charge in [0.15, 0.2) is 0 Å². The van der Waals surface area contributed by atoms with Crippen molar-refractivity contribution in [2.24, 2.45) is 0 Å². The minimum atomic E-state index is -1.17. The average molecular weight is 459 g/mol. The standard InChI is InChI=1S/C22H26FN5O5/c1-12(2)33-22(32)18(8-7-15(30)11-26-24)28-21(31)19(27-13(3)29)9-14-10-25-20-16(14)5-4-6-17(20)23/h4-6,10-12,18-19,25H,7-9H2,1-3H3,(H,27,29)(H,28,31)/t18-,19+/m0/s1. The first-order valence-corrected chi connectivity index (χ1v) is 10.3. The predicted molar refractivity (Wildman–Crippen MR) is 117 cm³/mol. The van der Waals surface area contributed by atoms with Crippen molar-refractivity contribution in [1.29, 1.82) is 0 Å². The Morgan fingerprint density at radius 2 is 1.94 bits per heavy atom. The number of halogens is 1. The van der Waals surface area contributed by atoms with E-state index in [9.17, 15) is 23.6 Å². The second kappa shape index (κ2) is 11.7. The molecule has 0 radical (unpaired) electrons. The lowest BCUT2D eigenvalue weighted by Crippen LogP contribution is -2.52. The Hall–Kier alpha value is -3.85. The fourth-order valence-corrected chi connectivity index (χ4v) is 3.27. The molecule has 33 heavy (non-hydrogen) atoms. The molecule has 0 aliphatic rings. The Bertz CT molecular complexity index is 1090. The molecule has 2 amide bonds. The Kier molecular flexibility index (Phi) is 8.99. The molecule has 1 heterocycles. The Labute approximate surface area is 189 Å². The van der Waals surface area contributed by atoms with Crippen molar-refractivity contribution in [1.82, 2.24) is 15.6 Å². The Morgan fingerprint density at radius 1 is 1.21 bits per heavy atom. The summed E-state index contributed by atoms with van der Waals surface area (Å²) in [6.07, 6.45) is 1.52. The largest absolute Gasteiger partial charge is 0.461 e. The van der Waals surface area contributed by atoms with Gasteiger partial charge in [0.2, 0.25) is 17.6 Å². The van der Waals surface area contributed by atoms with E-state index in [4.69, 9.17) is 10.3 Å². The van der Waals surface area contributed by atoms with Crippen LogP contribution in [-0.2, 0) is 30.3 Å². The van der Waals surface area contributed by atoms with Crippen LogP contribution in [0.2, 0.25) is 0 Å². The summed E-state index contributed by atoms with van der Waals surface area (Å²) in [5.74, 6) is -2.90. The predicted octanol–water partition coefficient (Wildman–Crippen LogP) is 1.44. The smallest absolute Gasteiger partial charge is 0.328 e. The highest BCUT2D eigenvalue weighted by atomic mass is 19.1. The highest BCUT2D eigenvalue weighted by molar-refractivity contribution is 6.25. The molecule has 176 valence electrons. The van der Waals surface area contributed by atoms with Crippen molar-refractivity contribution in [2.75, 3.05) is 0 Å². The molecule has 0 saturated heterocycles. The van der Waals surface area contributed by atoms with Gasteiger partial charge in [0, 0.05) is 31.3 Å². The van der Waals surface area contributed by atoms with Gasteiger partial charge in [-0.3, -0.25) is 14.4 Å². The van der Waals surface area contributed by atoms with E-state index in [0.29, 0.717) is 17.2 Å². The molecular formula is C22H26FN5O5. The highest BCUT2D eigenvalue weighted by Crippen LogP contribution is 2.22. The topological polar surface area (TPSA) is 154 Å². The van der Waals surface area contributed by atoms with E-state index < -0.39 is 47.6 Å². The van der Waals surface area contributed by atoms with Gasteiger partial charge in [0.25, 0.3) is 0 Å². The number of ether oxygens (including phenoxy) is 1. The first kappa shape index (κ1) is 25.4. The third-order valence-corrected chi connectivity index (χ3v) is 4.70. The average Bonchev–Trinajstić information content (AvgIpc) is 3.14. The van der Waals surface area contributed by atoms with Crippen molar-refractivity contribution in [3.8, 4) is 0 Å². The number of esters is 1. The number of aromatic nitrogens is 1. The van der Waals surface area contributed by atoms with Crippen LogP contribution in [0.3, 0.4) is 0 Å². The van der Waals surface area contributed by atoms with Gasteiger partial charge in [-0.2, -0.15) is 4.79 Å². The fourth-order valence-electron chi connectivity index (χ4n) is 3.27. The zero-order chi connectivity index (χ0) is 24.5. The quantitative estimate of drug-likeness (QED) is 0.201. The molecule has 3 N–H and O–H groups in total. The van der Waals surface area contributed by atoms with Crippen molar-refractivity contribution in [3.63, 3.8) is 0 Å². The van der Waals surface area contributed by atoms with Gasteiger partial charge in [-0.25, -0.2) is 9.18 Å². The van der Waals surface area contributed by atoms with E-state index in [0.717, 1.165) is 0 Å². The van der Waals surface area contributed by atoms with E-state index in [1.807, 2.05) is 0 Å². The maximum Gasteiger partial charge on any atom is 0.328 e. The molecule has 0 aliphatic carbocycles. The number of hydrogen-bond acceptors (Lipinski definition) is 5. The summed E-state index contributed by atoms with van der Waals surface area (Å²) >= 11 is 0. The van der Waals surface area contributed by atoms with Crippen molar-refractivity contribution in [3.05, 3.63) is 41.3 Å². The summed E-state index contributed by atoms with van der Waals surface area (Å²) in [6.45, 7) is 4.51. The van der Waals surface area contributed by atoms with Gasteiger partial charge in [-0.15, -0.1) is 0 Å². The molecule has 11 heteroatoms. The van der Waals surface area contributed by atoms with Crippen LogP contribution in [0.25, 0.3) is 16.4 Å². The lowest BCUT2D eigenvalue weighted by atomic mass is 10.0. The number of ketones is 1. The van der Waals surface area contributed by atoms with E-state index in [1.54, 1.807) is 26.1 Å². The van der Waals surface area contributed by atoms with Gasteiger partial charge >= 0.3 is 12.2 Å². The molecular weight excluding hydrogens is 433 g/mol. The number of aromatic amines is 1. The molecule has 0 spiro atoms. The first-order chi connectivity index (χ1) is 15.6. The van der Waals surface area contributed by atoms with Gasteiger partial charge in [-0.05, 0) is 31.9 Å². The number of rotatable bonds is 11. The molecule has 0 unspecified atom stereocenters. The van der Waals surface area contributed by atoms with Gasteiger partial charge < -0.3 is 25.9 Å². The van der Waals surface area contributed by atoms with E-state index in [-0.39, 0.29) is 24.8 Å².